The Labute approximate surface area is 158 Å². The number of nitrogens with one attached hydrogen (secondary N) is 2. The van der Waals surface area contributed by atoms with E-state index >= 15 is 0 Å². The molecule has 0 aliphatic rings. The molecule has 0 aliphatic heterocycles. The van der Waals surface area contributed by atoms with Crippen molar-refractivity contribution in [1.29, 1.82) is 0 Å². The molecule has 7 heteroatoms. The van der Waals surface area contributed by atoms with Crippen LogP contribution in [0.1, 0.15) is 18.5 Å². The van der Waals surface area contributed by atoms with Crippen molar-refractivity contribution >= 4 is 28.5 Å². The van der Waals surface area contributed by atoms with Crippen LogP contribution in [0.3, 0.4) is 0 Å². The SMILES string of the molecule is CC(NC(=O)Nc1ccc2c(ccn2CC(=O)N(C)C)c1)c1ccncc1. The molecule has 3 aromatic rings. The maximum absolute atomic E-state index is 12.3. The van der Waals surface area contributed by atoms with Gasteiger partial charge in [-0.05, 0) is 48.9 Å². The Kier molecular flexibility index (Phi) is 5.40. The zero-order valence-corrected chi connectivity index (χ0v) is 15.6. The number of rotatable bonds is 5. The summed E-state index contributed by atoms with van der Waals surface area (Å²) in [5.41, 5.74) is 2.62. The highest BCUT2D eigenvalue weighted by Gasteiger charge is 2.11. The van der Waals surface area contributed by atoms with E-state index in [0.29, 0.717) is 5.69 Å². The predicted octanol–water partition coefficient (Wildman–Crippen LogP) is 3.01. The fourth-order valence-corrected chi connectivity index (χ4v) is 2.80. The number of carbonyl (C=O) groups is 2. The van der Waals surface area contributed by atoms with Crippen LogP contribution in [0.25, 0.3) is 10.9 Å². The highest BCUT2D eigenvalue weighted by atomic mass is 16.2. The number of pyridine rings is 1. The summed E-state index contributed by atoms with van der Waals surface area (Å²) < 4.78 is 1.90. The molecule has 2 heterocycles. The lowest BCUT2D eigenvalue weighted by molar-refractivity contribution is -0.129. The molecular formula is C20H23N5O2. The van der Waals surface area contributed by atoms with Gasteiger partial charge in [0.2, 0.25) is 5.91 Å². The first kappa shape index (κ1) is 18.4. The zero-order valence-electron chi connectivity index (χ0n) is 15.6. The van der Waals surface area contributed by atoms with Crippen molar-refractivity contribution in [1.82, 2.24) is 19.8 Å². The van der Waals surface area contributed by atoms with E-state index in [0.717, 1.165) is 16.5 Å². The highest BCUT2D eigenvalue weighted by molar-refractivity contribution is 5.93. The van der Waals surface area contributed by atoms with Gasteiger partial charge in [-0.15, -0.1) is 0 Å². The van der Waals surface area contributed by atoms with Crippen molar-refractivity contribution in [3.05, 3.63) is 60.6 Å². The number of hydrogen-bond acceptors (Lipinski definition) is 3. The molecule has 0 radical (unpaired) electrons. The van der Waals surface area contributed by atoms with Gasteiger partial charge in [0.05, 0.1) is 6.04 Å². The average Bonchev–Trinajstić information content (AvgIpc) is 3.04. The molecule has 1 atom stereocenters. The summed E-state index contributed by atoms with van der Waals surface area (Å²) in [5.74, 6) is 0.0270. The second kappa shape index (κ2) is 7.90. The van der Waals surface area contributed by atoms with Gasteiger partial charge >= 0.3 is 6.03 Å². The topological polar surface area (TPSA) is 79.3 Å². The summed E-state index contributed by atoms with van der Waals surface area (Å²) in [6, 6.07) is 10.9. The number of nitrogens with zero attached hydrogens (tertiary/aromatic N) is 3. The molecule has 1 aromatic carbocycles. The second-order valence-corrected chi connectivity index (χ2v) is 6.61. The maximum atomic E-state index is 12.3. The Balaban J connectivity index is 1.67. The molecule has 27 heavy (non-hydrogen) atoms. The van der Waals surface area contributed by atoms with E-state index in [1.54, 1.807) is 31.4 Å². The molecule has 0 saturated carbocycles. The first-order valence-electron chi connectivity index (χ1n) is 8.70. The second-order valence-electron chi connectivity index (χ2n) is 6.61. The van der Waals surface area contributed by atoms with E-state index in [9.17, 15) is 9.59 Å². The van der Waals surface area contributed by atoms with Gasteiger partial charge < -0.3 is 20.1 Å². The molecule has 0 fully saturated rings. The maximum Gasteiger partial charge on any atom is 0.319 e. The van der Waals surface area contributed by atoms with Crippen molar-refractivity contribution in [3.8, 4) is 0 Å². The number of benzene rings is 1. The van der Waals surface area contributed by atoms with Crippen LogP contribution < -0.4 is 10.6 Å². The van der Waals surface area contributed by atoms with Crippen molar-refractivity contribution in [2.75, 3.05) is 19.4 Å². The Morgan fingerprint density at radius 2 is 1.89 bits per heavy atom. The van der Waals surface area contributed by atoms with Crippen molar-refractivity contribution in [3.63, 3.8) is 0 Å². The summed E-state index contributed by atoms with van der Waals surface area (Å²) in [5, 5.41) is 6.72. The van der Waals surface area contributed by atoms with Crippen LogP contribution in [0.4, 0.5) is 10.5 Å². The van der Waals surface area contributed by atoms with Crippen LogP contribution in [0.5, 0.6) is 0 Å². The lowest BCUT2D eigenvalue weighted by Crippen LogP contribution is -2.31. The normalized spacial score (nSPS) is 11.8. The van der Waals surface area contributed by atoms with Gasteiger partial charge in [0.15, 0.2) is 0 Å². The third-order valence-electron chi connectivity index (χ3n) is 4.39. The monoisotopic (exact) mass is 365 g/mol. The number of carbonyl (C=O) groups excluding carboxylic acids is 2. The van der Waals surface area contributed by atoms with Gasteiger partial charge in [0.1, 0.15) is 6.54 Å². The molecule has 0 spiro atoms. The first-order chi connectivity index (χ1) is 12.9. The lowest BCUT2D eigenvalue weighted by Gasteiger charge is -2.15. The van der Waals surface area contributed by atoms with Crippen LogP contribution in [0.2, 0.25) is 0 Å². The Morgan fingerprint density at radius 3 is 2.59 bits per heavy atom. The Morgan fingerprint density at radius 1 is 1.15 bits per heavy atom. The summed E-state index contributed by atoms with van der Waals surface area (Å²) in [6.45, 7) is 2.20. The number of anilines is 1. The van der Waals surface area contributed by atoms with Gasteiger partial charge in [-0.25, -0.2) is 4.79 Å². The summed E-state index contributed by atoms with van der Waals surface area (Å²) in [4.78, 5) is 29.7. The summed E-state index contributed by atoms with van der Waals surface area (Å²) in [6.07, 6.45) is 5.28. The minimum absolute atomic E-state index is 0.0270. The van der Waals surface area contributed by atoms with Crippen molar-refractivity contribution in [2.45, 2.75) is 19.5 Å². The van der Waals surface area contributed by atoms with Gasteiger partial charge in [-0.2, -0.15) is 0 Å². The van der Waals surface area contributed by atoms with E-state index in [1.807, 2.05) is 54.1 Å². The molecule has 0 saturated heterocycles. The Hall–Kier alpha value is -3.35. The molecule has 2 aromatic heterocycles. The van der Waals surface area contributed by atoms with E-state index in [4.69, 9.17) is 0 Å². The molecule has 3 rings (SSSR count). The van der Waals surface area contributed by atoms with Crippen molar-refractivity contribution < 1.29 is 9.59 Å². The highest BCUT2D eigenvalue weighted by Crippen LogP contribution is 2.21. The predicted molar refractivity (Wildman–Crippen MR) is 105 cm³/mol. The molecule has 2 N–H and O–H groups in total. The number of fused-ring (bicyclic) bond motifs is 1. The first-order valence-corrected chi connectivity index (χ1v) is 8.70. The molecule has 140 valence electrons. The summed E-state index contributed by atoms with van der Waals surface area (Å²) >= 11 is 0. The molecule has 1 unspecified atom stereocenters. The lowest BCUT2D eigenvalue weighted by atomic mass is 10.1. The Bertz CT molecular complexity index is 949. The smallest absolute Gasteiger partial charge is 0.319 e. The number of urea groups is 1. The zero-order chi connectivity index (χ0) is 19.4. The van der Waals surface area contributed by atoms with Gasteiger partial charge in [-0.3, -0.25) is 9.78 Å². The fourth-order valence-electron chi connectivity index (χ4n) is 2.80. The summed E-state index contributed by atoms with van der Waals surface area (Å²) in [7, 11) is 3.48. The third-order valence-corrected chi connectivity index (χ3v) is 4.39. The standard InChI is InChI=1S/C20H23N5O2/c1-14(15-6-9-21-10-7-15)22-20(27)23-17-4-5-18-16(12-17)8-11-25(18)13-19(26)24(2)3/h4-12,14H,13H2,1-3H3,(H2,22,23,27). The average molecular weight is 365 g/mol. The van der Waals surface area contributed by atoms with Crippen LogP contribution in [-0.2, 0) is 11.3 Å². The number of hydrogen-bond donors (Lipinski definition) is 2. The minimum atomic E-state index is -0.277. The largest absolute Gasteiger partial charge is 0.347 e. The minimum Gasteiger partial charge on any atom is -0.347 e. The molecule has 7 nitrogen and oxygen atoms in total. The van der Waals surface area contributed by atoms with E-state index in [-0.39, 0.29) is 24.5 Å². The number of aromatic nitrogens is 2. The molecular weight excluding hydrogens is 342 g/mol. The quantitative estimate of drug-likeness (QED) is 0.729. The third kappa shape index (κ3) is 4.44. The van der Waals surface area contributed by atoms with Gasteiger partial charge in [-0.1, -0.05) is 0 Å². The van der Waals surface area contributed by atoms with Gasteiger partial charge in [0.25, 0.3) is 0 Å². The number of amides is 3. The molecule has 3 amide bonds. The van der Waals surface area contributed by atoms with Gasteiger partial charge in [0, 0.05) is 49.3 Å². The van der Waals surface area contributed by atoms with E-state index in [1.165, 1.54) is 0 Å². The number of likely N-dealkylation sites (N-methyl/N-ethyl adjacent to an activating group) is 1. The van der Waals surface area contributed by atoms with Crippen LogP contribution in [0.15, 0.2) is 55.0 Å². The van der Waals surface area contributed by atoms with E-state index in [2.05, 4.69) is 15.6 Å². The van der Waals surface area contributed by atoms with Crippen LogP contribution in [-0.4, -0.2) is 40.5 Å². The van der Waals surface area contributed by atoms with E-state index < -0.39 is 0 Å². The molecule has 0 bridgehead atoms. The fraction of sp³-hybridized carbons (Fsp3) is 0.250. The van der Waals surface area contributed by atoms with Crippen LogP contribution in [0, 0.1) is 0 Å². The van der Waals surface area contributed by atoms with Crippen LogP contribution >= 0.6 is 0 Å². The van der Waals surface area contributed by atoms with Crippen molar-refractivity contribution in [2.24, 2.45) is 0 Å². The molecule has 0 aliphatic carbocycles.